The molecule has 2 saturated heterocycles. The fourth-order valence-electron chi connectivity index (χ4n) is 3.38. The molecule has 0 aliphatic carbocycles. The lowest BCUT2D eigenvalue weighted by Crippen LogP contribution is -2.39. The molecule has 0 radical (unpaired) electrons. The number of carbonyl (C=O) groups excluding carboxylic acids is 1. The molecule has 3 rings (SSSR count). The Hall–Kier alpha value is -1.66. The minimum absolute atomic E-state index is 0.0711. The molecule has 25 heavy (non-hydrogen) atoms. The molecule has 3 unspecified atom stereocenters. The van der Waals surface area contributed by atoms with Crippen molar-refractivity contribution in [3.63, 3.8) is 0 Å². The van der Waals surface area contributed by atoms with Gasteiger partial charge in [0.1, 0.15) is 11.9 Å². The van der Waals surface area contributed by atoms with Crippen LogP contribution in [-0.2, 0) is 14.3 Å². The van der Waals surface area contributed by atoms with Gasteiger partial charge in [0.2, 0.25) is 5.91 Å². The normalized spacial score (nSPS) is 24.5. The van der Waals surface area contributed by atoms with Crippen molar-refractivity contribution < 1.29 is 18.7 Å². The van der Waals surface area contributed by atoms with Crippen LogP contribution < -0.4 is 10.2 Å². The van der Waals surface area contributed by atoms with Gasteiger partial charge in [0.25, 0.3) is 0 Å². The zero-order valence-electron chi connectivity index (χ0n) is 14.7. The second kappa shape index (κ2) is 8.63. The number of hydrogen-bond donors (Lipinski definition) is 1. The number of nitrogens with zero attached hydrogens (tertiary/aromatic N) is 1. The SMILES string of the molecule is CC(OCC1CCCO1)C(=O)NCC1CCN(c2ccc(F)cc2)C1. The van der Waals surface area contributed by atoms with Gasteiger partial charge in [0.15, 0.2) is 0 Å². The first-order valence-electron chi connectivity index (χ1n) is 9.13. The molecule has 2 aliphatic rings. The maximum atomic E-state index is 13.0. The molecule has 5 nitrogen and oxygen atoms in total. The van der Waals surface area contributed by atoms with Crippen LogP contribution in [0, 0.1) is 11.7 Å². The topological polar surface area (TPSA) is 50.8 Å². The van der Waals surface area contributed by atoms with Crippen LogP contribution >= 0.6 is 0 Å². The molecule has 138 valence electrons. The summed E-state index contributed by atoms with van der Waals surface area (Å²) in [6.07, 6.45) is 2.77. The van der Waals surface area contributed by atoms with Crippen LogP contribution in [-0.4, -0.2) is 51.0 Å². The monoisotopic (exact) mass is 350 g/mol. The molecule has 2 aliphatic heterocycles. The summed E-state index contributed by atoms with van der Waals surface area (Å²) in [6.45, 7) is 5.50. The predicted molar refractivity (Wildman–Crippen MR) is 94.1 cm³/mol. The van der Waals surface area contributed by atoms with Gasteiger partial charge in [-0.05, 0) is 56.4 Å². The highest BCUT2D eigenvalue weighted by Crippen LogP contribution is 2.23. The molecule has 1 aromatic carbocycles. The first kappa shape index (κ1) is 18.1. The van der Waals surface area contributed by atoms with Crippen LogP contribution in [0.3, 0.4) is 0 Å². The number of anilines is 1. The molecular formula is C19H27FN2O3. The van der Waals surface area contributed by atoms with E-state index < -0.39 is 6.10 Å². The Labute approximate surface area is 148 Å². The Morgan fingerprint density at radius 2 is 2.20 bits per heavy atom. The number of nitrogens with one attached hydrogen (secondary N) is 1. The van der Waals surface area contributed by atoms with E-state index in [-0.39, 0.29) is 17.8 Å². The van der Waals surface area contributed by atoms with Crippen molar-refractivity contribution in [2.75, 3.05) is 37.7 Å². The van der Waals surface area contributed by atoms with Gasteiger partial charge in [-0.15, -0.1) is 0 Å². The highest BCUT2D eigenvalue weighted by atomic mass is 19.1. The number of benzene rings is 1. The summed E-state index contributed by atoms with van der Waals surface area (Å²) in [5.74, 6) is 0.112. The van der Waals surface area contributed by atoms with E-state index in [0.29, 0.717) is 19.1 Å². The number of hydrogen-bond acceptors (Lipinski definition) is 4. The molecule has 6 heteroatoms. The molecule has 0 spiro atoms. The van der Waals surface area contributed by atoms with Crippen molar-refractivity contribution in [2.24, 2.45) is 5.92 Å². The smallest absolute Gasteiger partial charge is 0.248 e. The average Bonchev–Trinajstić information content (AvgIpc) is 3.30. The first-order chi connectivity index (χ1) is 12.1. The van der Waals surface area contributed by atoms with Gasteiger partial charge >= 0.3 is 0 Å². The zero-order chi connectivity index (χ0) is 17.6. The van der Waals surface area contributed by atoms with Gasteiger partial charge in [0, 0.05) is 31.9 Å². The second-order valence-electron chi connectivity index (χ2n) is 6.93. The molecule has 3 atom stereocenters. The molecule has 1 N–H and O–H groups in total. The van der Waals surface area contributed by atoms with E-state index in [1.807, 2.05) is 0 Å². The minimum atomic E-state index is -0.459. The van der Waals surface area contributed by atoms with Gasteiger partial charge in [-0.3, -0.25) is 4.79 Å². The van der Waals surface area contributed by atoms with E-state index in [1.54, 1.807) is 19.1 Å². The molecule has 1 amide bonds. The molecule has 0 aromatic heterocycles. The molecule has 0 bridgehead atoms. The average molecular weight is 350 g/mol. The Kier molecular flexibility index (Phi) is 6.26. The van der Waals surface area contributed by atoms with Crippen molar-refractivity contribution in [3.05, 3.63) is 30.1 Å². The highest BCUT2D eigenvalue weighted by Gasteiger charge is 2.25. The Morgan fingerprint density at radius 3 is 2.92 bits per heavy atom. The van der Waals surface area contributed by atoms with Crippen LogP contribution in [0.5, 0.6) is 0 Å². The Balaban J connectivity index is 1.36. The van der Waals surface area contributed by atoms with E-state index in [2.05, 4.69) is 10.2 Å². The summed E-state index contributed by atoms with van der Waals surface area (Å²) in [6, 6.07) is 6.57. The van der Waals surface area contributed by atoms with Crippen LogP contribution in [0.1, 0.15) is 26.2 Å². The standard InChI is InChI=1S/C19H27FN2O3/c1-14(25-13-18-3-2-10-24-18)19(23)21-11-15-8-9-22(12-15)17-6-4-16(20)5-7-17/h4-7,14-15,18H,2-3,8-13H2,1H3,(H,21,23). The third-order valence-electron chi connectivity index (χ3n) is 4.97. The molecular weight excluding hydrogens is 323 g/mol. The number of ether oxygens (including phenoxy) is 2. The van der Waals surface area contributed by atoms with Crippen LogP contribution in [0.4, 0.5) is 10.1 Å². The van der Waals surface area contributed by atoms with E-state index in [9.17, 15) is 9.18 Å². The summed E-state index contributed by atoms with van der Waals surface area (Å²) in [4.78, 5) is 14.4. The molecule has 1 aromatic rings. The quantitative estimate of drug-likeness (QED) is 0.820. The third kappa shape index (κ3) is 5.16. The van der Waals surface area contributed by atoms with Gasteiger partial charge in [-0.1, -0.05) is 0 Å². The number of rotatable bonds is 7. The van der Waals surface area contributed by atoms with Gasteiger partial charge in [-0.2, -0.15) is 0 Å². The number of amides is 1. The Bertz CT molecular complexity index is 560. The van der Waals surface area contributed by atoms with E-state index in [0.717, 1.165) is 44.6 Å². The van der Waals surface area contributed by atoms with Crippen molar-refractivity contribution in [1.82, 2.24) is 5.32 Å². The lowest BCUT2D eigenvalue weighted by Gasteiger charge is -2.20. The largest absolute Gasteiger partial charge is 0.376 e. The van der Waals surface area contributed by atoms with E-state index in [4.69, 9.17) is 9.47 Å². The fraction of sp³-hybridized carbons (Fsp3) is 0.632. The molecule has 0 saturated carbocycles. The van der Waals surface area contributed by atoms with Crippen molar-refractivity contribution in [3.8, 4) is 0 Å². The summed E-state index contributed by atoms with van der Waals surface area (Å²) in [5.41, 5.74) is 1.03. The van der Waals surface area contributed by atoms with Crippen LogP contribution in [0.25, 0.3) is 0 Å². The predicted octanol–water partition coefficient (Wildman–Crippen LogP) is 2.35. The molecule has 2 heterocycles. The second-order valence-corrected chi connectivity index (χ2v) is 6.93. The minimum Gasteiger partial charge on any atom is -0.376 e. The van der Waals surface area contributed by atoms with E-state index in [1.165, 1.54) is 12.1 Å². The Morgan fingerprint density at radius 1 is 1.40 bits per heavy atom. The maximum absolute atomic E-state index is 13.0. The summed E-state index contributed by atoms with van der Waals surface area (Å²) < 4.78 is 24.1. The number of halogens is 1. The van der Waals surface area contributed by atoms with Gasteiger partial charge in [0.05, 0.1) is 12.7 Å². The first-order valence-corrected chi connectivity index (χ1v) is 9.13. The van der Waals surface area contributed by atoms with E-state index >= 15 is 0 Å². The molecule has 2 fully saturated rings. The summed E-state index contributed by atoms with van der Waals surface area (Å²) in [5, 5.41) is 2.99. The van der Waals surface area contributed by atoms with Crippen molar-refractivity contribution in [2.45, 2.75) is 38.4 Å². The number of carbonyl (C=O) groups is 1. The highest BCUT2D eigenvalue weighted by molar-refractivity contribution is 5.80. The third-order valence-corrected chi connectivity index (χ3v) is 4.97. The maximum Gasteiger partial charge on any atom is 0.248 e. The summed E-state index contributed by atoms with van der Waals surface area (Å²) >= 11 is 0. The van der Waals surface area contributed by atoms with Gasteiger partial charge < -0.3 is 19.7 Å². The fourth-order valence-corrected chi connectivity index (χ4v) is 3.38. The van der Waals surface area contributed by atoms with Crippen molar-refractivity contribution >= 4 is 11.6 Å². The van der Waals surface area contributed by atoms with Gasteiger partial charge in [-0.25, -0.2) is 4.39 Å². The summed E-state index contributed by atoms with van der Waals surface area (Å²) in [7, 11) is 0. The van der Waals surface area contributed by atoms with Crippen LogP contribution in [0.2, 0.25) is 0 Å². The van der Waals surface area contributed by atoms with Crippen molar-refractivity contribution in [1.29, 1.82) is 0 Å². The van der Waals surface area contributed by atoms with Crippen LogP contribution in [0.15, 0.2) is 24.3 Å². The lowest BCUT2D eigenvalue weighted by molar-refractivity contribution is -0.133. The zero-order valence-corrected chi connectivity index (χ0v) is 14.7. The lowest BCUT2D eigenvalue weighted by atomic mass is 10.1.